The Hall–Kier alpha value is -2.93. The number of hydrogen-bond acceptors (Lipinski definition) is 6. The van der Waals surface area contributed by atoms with Crippen molar-refractivity contribution in [2.75, 3.05) is 22.3 Å². The summed E-state index contributed by atoms with van der Waals surface area (Å²) in [6.07, 6.45) is 1.57. The average molecular weight is 475 g/mol. The summed E-state index contributed by atoms with van der Waals surface area (Å²) in [5, 5.41) is 11.4. The van der Waals surface area contributed by atoms with Gasteiger partial charge in [-0.15, -0.1) is 11.3 Å². The van der Waals surface area contributed by atoms with E-state index in [0.29, 0.717) is 10.7 Å². The maximum Gasteiger partial charge on any atom is 0.266 e. The van der Waals surface area contributed by atoms with Gasteiger partial charge in [0.15, 0.2) is 5.13 Å². The molecule has 0 N–H and O–H groups in total. The maximum atomic E-state index is 13.3. The van der Waals surface area contributed by atoms with E-state index in [1.54, 1.807) is 48.7 Å². The number of anilines is 2. The van der Waals surface area contributed by atoms with Crippen LogP contribution in [0.15, 0.2) is 65.0 Å². The molecule has 2 aromatic carbocycles. The lowest BCUT2D eigenvalue weighted by molar-refractivity contribution is -0.117. The predicted molar refractivity (Wildman–Crippen MR) is 122 cm³/mol. The van der Waals surface area contributed by atoms with Crippen LogP contribution in [0.5, 0.6) is 0 Å². The van der Waals surface area contributed by atoms with Crippen LogP contribution in [-0.4, -0.2) is 32.4 Å². The molecule has 0 saturated heterocycles. The van der Waals surface area contributed by atoms with E-state index in [0.717, 1.165) is 21.2 Å². The molecular weight excluding hydrogens is 456 g/mol. The molecule has 0 bridgehead atoms. The predicted octanol–water partition coefficient (Wildman–Crippen LogP) is 4.25. The van der Waals surface area contributed by atoms with Gasteiger partial charge in [0.1, 0.15) is 6.54 Å². The van der Waals surface area contributed by atoms with Crippen molar-refractivity contribution in [2.24, 2.45) is 0 Å². The minimum absolute atomic E-state index is 0.0592. The van der Waals surface area contributed by atoms with E-state index in [4.69, 9.17) is 16.9 Å². The van der Waals surface area contributed by atoms with Gasteiger partial charge >= 0.3 is 0 Å². The Balaban J connectivity index is 1.98. The van der Waals surface area contributed by atoms with Crippen LogP contribution in [-0.2, 0) is 14.8 Å². The van der Waals surface area contributed by atoms with E-state index in [1.165, 1.54) is 23.2 Å². The molecular formula is C21H19ClN4O3S2. The minimum Gasteiger partial charge on any atom is -0.310 e. The molecule has 7 nitrogen and oxygen atoms in total. The summed E-state index contributed by atoms with van der Waals surface area (Å²) in [7, 11) is -4.02. The number of thiazole rings is 1. The number of aryl methyl sites for hydroxylation is 1. The van der Waals surface area contributed by atoms with Gasteiger partial charge in [0.05, 0.1) is 17.4 Å². The Morgan fingerprint density at radius 2 is 1.97 bits per heavy atom. The van der Waals surface area contributed by atoms with Gasteiger partial charge in [0.2, 0.25) is 5.91 Å². The fraction of sp³-hybridized carbons (Fsp3) is 0.190. The van der Waals surface area contributed by atoms with Crippen LogP contribution in [0.2, 0.25) is 5.02 Å². The molecule has 0 fully saturated rings. The third kappa shape index (κ3) is 5.22. The fourth-order valence-electron chi connectivity index (χ4n) is 2.88. The quantitative estimate of drug-likeness (QED) is 0.486. The minimum atomic E-state index is -4.02. The van der Waals surface area contributed by atoms with Gasteiger partial charge in [0.25, 0.3) is 10.0 Å². The summed E-state index contributed by atoms with van der Waals surface area (Å²) in [6.45, 7) is 1.46. The fourth-order valence-corrected chi connectivity index (χ4v) is 5.26. The summed E-state index contributed by atoms with van der Waals surface area (Å²) in [4.78, 5) is 18.8. The second-order valence-corrected chi connectivity index (χ2v) is 9.67. The van der Waals surface area contributed by atoms with Crippen LogP contribution in [0.25, 0.3) is 0 Å². The Morgan fingerprint density at radius 1 is 1.23 bits per heavy atom. The van der Waals surface area contributed by atoms with Crippen molar-refractivity contribution < 1.29 is 13.2 Å². The highest BCUT2D eigenvalue weighted by Crippen LogP contribution is 2.27. The number of carbonyl (C=O) groups excluding carboxylic acids is 1. The molecule has 0 saturated carbocycles. The number of halogens is 1. The molecule has 3 rings (SSSR count). The normalized spacial score (nSPS) is 11.0. The first-order valence-electron chi connectivity index (χ1n) is 9.25. The van der Waals surface area contributed by atoms with E-state index >= 15 is 0 Å². The average Bonchev–Trinajstić information content (AvgIpc) is 3.29. The Labute approximate surface area is 190 Å². The standard InChI is InChI=1S/C21H19ClN4O3S2/c1-16-14-17(8-9-19(16)22)25(12-5-10-23)20(27)15-26(21-24-11-13-30-21)31(28,29)18-6-3-2-4-7-18/h2-4,6-9,11,13-14H,5,12,15H2,1H3. The number of nitrogens with zero attached hydrogens (tertiary/aromatic N) is 4. The van der Waals surface area contributed by atoms with Gasteiger partial charge in [-0.1, -0.05) is 29.8 Å². The second-order valence-electron chi connectivity index (χ2n) is 6.53. The second kappa shape index (κ2) is 9.92. The van der Waals surface area contributed by atoms with Crippen molar-refractivity contribution in [3.63, 3.8) is 0 Å². The zero-order valence-electron chi connectivity index (χ0n) is 16.6. The number of sulfonamides is 1. The molecule has 1 aromatic heterocycles. The molecule has 0 aliphatic rings. The van der Waals surface area contributed by atoms with E-state index in [9.17, 15) is 13.2 Å². The smallest absolute Gasteiger partial charge is 0.266 e. The maximum absolute atomic E-state index is 13.3. The highest BCUT2D eigenvalue weighted by atomic mass is 35.5. The molecule has 0 radical (unpaired) electrons. The molecule has 1 amide bonds. The van der Waals surface area contributed by atoms with Gasteiger partial charge in [-0.2, -0.15) is 5.26 Å². The zero-order chi connectivity index (χ0) is 22.4. The topological polar surface area (TPSA) is 94.4 Å². The first-order valence-corrected chi connectivity index (χ1v) is 11.9. The van der Waals surface area contributed by atoms with Crippen LogP contribution < -0.4 is 9.21 Å². The summed E-state index contributed by atoms with van der Waals surface area (Å²) >= 11 is 7.22. The lowest BCUT2D eigenvalue weighted by atomic mass is 10.2. The lowest BCUT2D eigenvalue weighted by Gasteiger charge is -2.27. The molecule has 0 atom stereocenters. The van der Waals surface area contributed by atoms with Gasteiger partial charge in [-0.05, 0) is 42.8 Å². The number of rotatable bonds is 8. The largest absolute Gasteiger partial charge is 0.310 e. The molecule has 0 aliphatic carbocycles. The summed E-state index contributed by atoms with van der Waals surface area (Å²) in [5.41, 5.74) is 1.31. The van der Waals surface area contributed by atoms with Crippen LogP contribution in [0.1, 0.15) is 12.0 Å². The van der Waals surface area contributed by atoms with Gasteiger partial charge < -0.3 is 4.90 Å². The number of hydrogen-bond donors (Lipinski definition) is 0. The van der Waals surface area contributed by atoms with Gasteiger partial charge in [-0.3, -0.25) is 4.79 Å². The molecule has 1 heterocycles. The van der Waals surface area contributed by atoms with Crippen molar-refractivity contribution >= 4 is 49.7 Å². The summed E-state index contributed by atoms with van der Waals surface area (Å²) in [6, 6.07) is 15.0. The molecule has 3 aromatic rings. The van der Waals surface area contributed by atoms with Crippen LogP contribution in [0.3, 0.4) is 0 Å². The van der Waals surface area contributed by atoms with E-state index in [-0.39, 0.29) is 23.0 Å². The Bertz CT molecular complexity index is 1190. The van der Waals surface area contributed by atoms with Crippen molar-refractivity contribution in [3.8, 4) is 6.07 Å². The van der Waals surface area contributed by atoms with E-state index < -0.39 is 22.5 Å². The number of benzene rings is 2. The third-order valence-corrected chi connectivity index (χ3v) is 7.53. The highest BCUT2D eigenvalue weighted by molar-refractivity contribution is 7.93. The first kappa shape index (κ1) is 22.7. The van der Waals surface area contributed by atoms with Gasteiger partial charge in [0, 0.05) is 28.8 Å². The van der Waals surface area contributed by atoms with Gasteiger partial charge in [-0.25, -0.2) is 17.7 Å². The molecule has 10 heteroatoms. The number of nitriles is 1. The van der Waals surface area contributed by atoms with Crippen LogP contribution in [0.4, 0.5) is 10.8 Å². The van der Waals surface area contributed by atoms with E-state index in [2.05, 4.69) is 4.98 Å². The summed E-state index contributed by atoms with van der Waals surface area (Å²) < 4.78 is 27.6. The molecule has 0 spiro atoms. The van der Waals surface area contributed by atoms with Crippen molar-refractivity contribution in [3.05, 3.63) is 70.7 Å². The third-order valence-electron chi connectivity index (χ3n) is 4.44. The van der Waals surface area contributed by atoms with Crippen LogP contribution in [0, 0.1) is 18.3 Å². The SMILES string of the molecule is Cc1cc(N(CCC#N)C(=O)CN(c2nccs2)S(=O)(=O)c2ccccc2)ccc1Cl. The van der Waals surface area contributed by atoms with E-state index in [1.807, 2.05) is 6.07 Å². The highest BCUT2D eigenvalue weighted by Gasteiger charge is 2.31. The molecule has 160 valence electrons. The monoisotopic (exact) mass is 474 g/mol. The number of aromatic nitrogens is 1. The molecule has 0 aliphatic heterocycles. The van der Waals surface area contributed by atoms with Crippen molar-refractivity contribution in [1.29, 1.82) is 5.26 Å². The zero-order valence-corrected chi connectivity index (χ0v) is 19.0. The van der Waals surface area contributed by atoms with Crippen LogP contribution >= 0.6 is 22.9 Å². The van der Waals surface area contributed by atoms with Crippen molar-refractivity contribution in [1.82, 2.24) is 4.98 Å². The molecule has 0 unspecified atom stereocenters. The Morgan fingerprint density at radius 3 is 2.58 bits per heavy atom. The van der Waals surface area contributed by atoms with Crippen molar-refractivity contribution in [2.45, 2.75) is 18.2 Å². The number of amides is 1. The summed E-state index contributed by atoms with van der Waals surface area (Å²) in [5.74, 6) is -0.480. The number of carbonyl (C=O) groups is 1. The molecule has 31 heavy (non-hydrogen) atoms. The lowest BCUT2D eigenvalue weighted by Crippen LogP contribution is -2.43. The Kier molecular flexibility index (Phi) is 7.28. The first-order chi connectivity index (χ1) is 14.8.